The monoisotopic (exact) mass is 281 g/mol. The van der Waals surface area contributed by atoms with Gasteiger partial charge in [-0.3, -0.25) is 4.79 Å². The molecule has 1 heterocycles. The van der Waals surface area contributed by atoms with Crippen LogP contribution in [-0.2, 0) is 6.42 Å². The van der Waals surface area contributed by atoms with Crippen LogP contribution >= 0.6 is 0 Å². The number of rotatable bonds is 8. The summed E-state index contributed by atoms with van der Waals surface area (Å²) in [5.74, 6) is 0.635. The minimum absolute atomic E-state index is 0.0929. The molecule has 0 unspecified atom stereocenters. The molecular formula is C15H27N3O2. The lowest BCUT2D eigenvalue weighted by atomic mass is 9.82. The summed E-state index contributed by atoms with van der Waals surface area (Å²) in [7, 11) is 1.94. The van der Waals surface area contributed by atoms with E-state index in [0.717, 1.165) is 37.1 Å². The molecule has 1 amide bonds. The van der Waals surface area contributed by atoms with Crippen molar-refractivity contribution in [3.63, 3.8) is 0 Å². The van der Waals surface area contributed by atoms with Gasteiger partial charge in [-0.2, -0.15) is 0 Å². The summed E-state index contributed by atoms with van der Waals surface area (Å²) < 4.78 is 5.17. The third kappa shape index (κ3) is 3.60. The lowest BCUT2D eigenvalue weighted by Crippen LogP contribution is -2.42. The van der Waals surface area contributed by atoms with Crippen molar-refractivity contribution in [3.8, 4) is 0 Å². The van der Waals surface area contributed by atoms with Gasteiger partial charge in [0.25, 0.3) is 5.91 Å². The van der Waals surface area contributed by atoms with Gasteiger partial charge in [0.15, 0.2) is 5.69 Å². The lowest BCUT2D eigenvalue weighted by molar-refractivity contribution is 0.0916. The number of aromatic nitrogens is 1. The zero-order valence-corrected chi connectivity index (χ0v) is 13.3. The SMILES string of the molecule is CCc1onc(C(=O)NCC(CC)(CC)CNC)c1C. The standard InChI is InChI=1S/C15H27N3O2/c1-6-12-11(4)13(18-20-12)14(19)17-10-15(7-2,8-3)9-16-5/h16H,6-10H2,1-5H3,(H,17,19). The van der Waals surface area contributed by atoms with E-state index in [1.165, 1.54) is 0 Å². The van der Waals surface area contributed by atoms with Gasteiger partial charge in [-0.1, -0.05) is 25.9 Å². The van der Waals surface area contributed by atoms with E-state index in [1.807, 2.05) is 20.9 Å². The molecule has 5 heteroatoms. The van der Waals surface area contributed by atoms with E-state index in [0.29, 0.717) is 12.2 Å². The fourth-order valence-electron chi connectivity index (χ4n) is 2.45. The summed E-state index contributed by atoms with van der Waals surface area (Å²) in [6.07, 6.45) is 2.78. The van der Waals surface area contributed by atoms with E-state index < -0.39 is 0 Å². The highest BCUT2D eigenvalue weighted by atomic mass is 16.5. The molecule has 1 rings (SSSR count). The van der Waals surface area contributed by atoms with Crippen LogP contribution in [0.15, 0.2) is 4.52 Å². The van der Waals surface area contributed by atoms with Crippen molar-refractivity contribution >= 4 is 5.91 Å². The maximum atomic E-state index is 12.2. The van der Waals surface area contributed by atoms with Gasteiger partial charge in [0.2, 0.25) is 0 Å². The number of nitrogens with zero attached hydrogens (tertiary/aromatic N) is 1. The number of carbonyl (C=O) groups is 1. The molecule has 0 radical (unpaired) electrons. The lowest BCUT2D eigenvalue weighted by Gasteiger charge is -2.31. The van der Waals surface area contributed by atoms with Crippen LogP contribution in [0.1, 0.15) is 55.4 Å². The number of hydrogen-bond acceptors (Lipinski definition) is 4. The van der Waals surface area contributed by atoms with Gasteiger partial charge in [-0.05, 0) is 32.2 Å². The maximum Gasteiger partial charge on any atom is 0.273 e. The molecule has 0 saturated carbocycles. The van der Waals surface area contributed by atoms with Crippen LogP contribution in [0.3, 0.4) is 0 Å². The van der Waals surface area contributed by atoms with Crippen molar-refractivity contribution in [2.24, 2.45) is 5.41 Å². The van der Waals surface area contributed by atoms with Gasteiger partial charge >= 0.3 is 0 Å². The minimum Gasteiger partial charge on any atom is -0.360 e. The molecule has 0 atom stereocenters. The Labute approximate surface area is 121 Å². The van der Waals surface area contributed by atoms with Crippen molar-refractivity contribution in [1.29, 1.82) is 0 Å². The van der Waals surface area contributed by atoms with Gasteiger partial charge in [0.05, 0.1) is 0 Å². The minimum atomic E-state index is -0.145. The normalized spacial score (nSPS) is 11.7. The summed E-state index contributed by atoms with van der Waals surface area (Å²) in [5, 5.41) is 10.1. The smallest absolute Gasteiger partial charge is 0.273 e. The molecule has 0 saturated heterocycles. The van der Waals surface area contributed by atoms with Crippen molar-refractivity contribution < 1.29 is 9.32 Å². The molecule has 0 bridgehead atoms. The van der Waals surface area contributed by atoms with Gasteiger partial charge in [-0.25, -0.2) is 0 Å². The second-order valence-corrected chi connectivity index (χ2v) is 5.35. The Hall–Kier alpha value is -1.36. The number of hydrogen-bond donors (Lipinski definition) is 2. The van der Waals surface area contributed by atoms with Crippen LogP contribution in [0.25, 0.3) is 0 Å². The molecule has 0 aliphatic carbocycles. The fourth-order valence-corrected chi connectivity index (χ4v) is 2.45. The second-order valence-electron chi connectivity index (χ2n) is 5.35. The predicted molar refractivity (Wildman–Crippen MR) is 79.9 cm³/mol. The van der Waals surface area contributed by atoms with Crippen LogP contribution in [0.2, 0.25) is 0 Å². The molecule has 0 aromatic carbocycles. The zero-order valence-electron chi connectivity index (χ0n) is 13.3. The summed E-state index contributed by atoms with van der Waals surface area (Å²) in [6, 6.07) is 0. The van der Waals surface area contributed by atoms with Crippen LogP contribution in [0.4, 0.5) is 0 Å². The average Bonchev–Trinajstić information content (AvgIpc) is 2.84. The Balaban J connectivity index is 2.72. The highest BCUT2D eigenvalue weighted by Crippen LogP contribution is 2.24. The molecule has 0 fully saturated rings. The summed E-state index contributed by atoms with van der Waals surface area (Å²) in [5.41, 5.74) is 1.35. The van der Waals surface area contributed by atoms with E-state index >= 15 is 0 Å². The Morgan fingerprint density at radius 2 is 1.90 bits per heavy atom. The first-order chi connectivity index (χ1) is 9.53. The molecule has 5 nitrogen and oxygen atoms in total. The van der Waals surface area contributed by atoms with Gasteiger partial charge in [-0.15, -0.1) is 0 Å². The maximum absolute atomic E-state index is 12.2. The van der Waals surface area contributed by atoms with E-state index in [9.17, 15) is 4.79 Å². The first-order valence-electron chi connectivity index (χ1n) is 7.41. The number of nitrogens with one attached hydrogen (secondary N) is 2. The first-order valence-corrected chi connectivity index (χ1v) is 7.41. The van der Waals surface area contributed by atoms with E-state index in [-0.39, 0.29) is 11.3 Å². The molecule has 0 spiro atoms. The third-order valence-electron chi connectivity index (χ3n) is 4.23. The van der Waals surface area contributed by atoms with Crippen molar-refractivity contribution in [2.75, 3.05) is 20.1 Å². The topological polar surface area (TPSA) is 67.2 Å². The van der Waals surface area contributed by atoms with Crippen LogP contribution < -0.4 is 10.6 Å². The quantitative estimate of drug-likeness (QED) is 0.767. The van der Waals surface area contributed by atoms with Crippen LogP contribution in [-0.4, -0.2) is 31.2 Å². The van der Waals surface area contributed by atoms with Gasteiger partial charge < -0.3 is 15.2 Å². The van der Waals surface area contributed by atoms with Crippen LogP contribution in [0.5, 0.6) is 0 Å². The summed E-state index contributed by atoms with van der Waals surface area (Å²) >= 11 is 0. The Bertz CT molecular complexity index is 436. The molecule has 0 aliphatic rings. The molecular weight excluding hydrogens is 254 g/mol. The van der Waals surface area contributed by atoms with Crippen LogP contribution in [0, 0.1) is 12.3 Å². The predicted octanol–water partition coefficient (Wildman–Crippen LogP) is 2.30. The van der Waals surface area contributed by atoms with Crippen molar-refractivity contribution in [2.45, 2.75) is 47.0 Å². The number of amides is 1. The third-order valence-corrected chi connectivity index (χ3v) is 4.23. The van der Waals surface area contributed by atoms with E-state index in [4.69, 9.17) is 4.52 Å². The largest absolute Gasteiger partial charge is 0.360 e. The second kappa shape index (κ2) is 7.43. The van der Waals surface area contributed by atoms with Gasteiger partial charge in [0.1, 0.15) is 5.76 Å². The molecule has 2 N–H and O–H groups in total. The first kappa shape index (κ1) is 16.7. The summed E-state index contributed by atoms with van der Waals surface area (Å²) in [6.45, 7) is 9.71. The number of carbonyl (C=O) groups excluding carboxylic acids is 1. The molecule has 0 aliphatic heterocycles. The van der Waals surface area contributed by atoms with E-state index in [1.54, 1.807) is 0 Å². The van der Waals surface area contributed by atoms with Crippen molar-refractivity contribution in [3.05, 3.63) is 17.0 Å². The average molecular weight is 281 g/mol. The Morgan fingerprint density at radius 3 is 2.35 bits per heavy atom. The van der Waals surface area contributed by atoms with Gasteiger partial charge in [0, 0.05) is 25.1 Å². The molecule has 20 heavy (non-hydrogen) atoms. The fraction of sp³-hybridized carbons (Fsp3) is 0.733. The van der Waals surface area contributed by atoms with E-state index in [2.05, 4.69) is 29.6 Å². The Kier molecular flexibility index (Phi) is 6.20. The Morgan fingerprint density at radius 1 is 1.25 bits per heavy atom. The molecule has 1 aromatic heterocycles. The summed E-state index contributed by atoms with van der Waals surface area (Å²) in [4.78, 5) is 12.2. The zero-order chi connectivity index (χ0) is 15.2. The highest BCUT2D eigenvalue weighted by molar-refractivity contribution is 5.93. The molecule has 114 valence electrons. The highest BCUT2D eigenvalue weighted by Gasteiger charge is 2.27. The van der Waals surface area contributed by atoms with Crippen molar-refractivity contribution in [1.82, 2.24) is 15.8 Å². The molecule has 1 aromatic rings. The number of aryl methyl sites for hydroxylation is 1.